The molecule has 10 heteroatoms. The topological polar surface area (TPSA) is 110 Å². The molecule has 0 aliphatic carbocycles. The van der Waals surface area contributed by atoms with Crippen molar-refractivity contribution in [2.75, 3.05) is 19.0 Å². The lowest BCUT2D eigenvalue weighted by molar-refractivity contribution is 0.333. The van der Waals surface area contributed by atoms with E-state index in [1.165, 1.54) is 18.2 Å². The van der Waals surface area contributed by atoms with Crippen LogP contribution in [0.3, 0.4) is 0 Å². The van der Waals surface area contributed by atoms with E-state index in [1.807, 2.05) is 43.3 Å². The summed E-state index contributed by atoms with van der Waals surface area (Å²) in [5.41, 5.74) is 1.53. The number of hydrogen-bond donors (Lipinski definition) is 2. The summed E-state index contributed by atoms with van der Waals surface area (Å²) >= 11 is 6.18. The Morgan fingerprint density at radius 2 is 1.86 bits per heavy atom. The molecule has 8 nitrogen and oxygen atoms in total. The second-order valence-corrected chi connectivity index (χ2v) is 8.42. The highest BCUT2D eigenvalue weighted by molar-refractivity contribution is 7.86. The van der Waals surface area contributed by atoms with E-state index in [0.29, 0.717) is 10.6 Å². The molecule has 3 N–H and O–H groups in total. The van der Waals surface area contributed by atoms with Crippen LogP contribution in [0.5, 0.6) is 0 Å². The Bertz CT molecular complexity index is 1330. The van der Waals surface area contributed by atoms with Gasteiger partial charge in [-0.1, -0.05) is 30.3 Å². The van der Waals surface area contributed by atoms with Gasteiger partial charge in [0.25, 0.3) is 5.56 Å². The standard InChI is InChI=1S/C19H19ClN4O4S/c1-12-16(10-13-4-6-14(7-5-13)23(2)3)19(25)24(22-12)18-11-15(8-9-17(18)20)29(26,27)28-21/h4-11,22H,1,21H2,2-3H3. The van der Waals surface area contributed by atoms with E-state index in [4.69, 9.17) is 17.5 Å². The Labute approximate surface area is 172 Å². The fourth-order valence-electron chi connectivity index (χ4n) is 2.72. The van der Waals surface area contributed by atoms with Crippen molar-refractivity contribution in [2.24, 2.45) is 5.90 Å². The zero-order chi connectivity index (χ0) is 21.3. The summed E-state index contributed by atoms with van der Waals surface area (Å²) in [6.07, 6.45) is 1.69. The number of benzene rings is 2. The van der Waals surface area contributed by atoms with E-state index in [0.717, 1.165) is 15.9 Å². The van der Waals surface area contributed by atoms with Crippen molar-refractivity contribution in [1.82, 2.24) is 9.78 Å². The molecule has 3 aromatic rings. The number of aromatic amines is 1. The predicted molar refractivity (Wildman–Crippen MR) is 113 cm³/mol. The molecule has 0 saturated carbocycles. The molecule has 0 saturated heterocycles. The molecule has 0 aliphatic heterocycles. The molecule has 1 heterocycles. The summed E-state index contributed by atoms with van der Waals surface area (Å²) in [4.78, 5) is 14.7. The summed E-state index contributed by atoms with van der Waals surface area (Å²) in [6.45, 7) is 3.86. The Morgan fingerprint density at radius 1 is 1.21 bits per heavy atom. The predicted octanol–water partition coefficient (Wildman–Crippen LogP) is 0.703. The van der Waals surface area contributed by atoms with Crippen LogP contribution in [0.1, 0.15) is 5.56 Å². The van der Waals surface area contributed by atoms with Gasteiger partial charge < -0.3 is 4.90 Å². The van der Waals surface area contributed by atoms with Crippen LogP contribution in [-0.2, 0) is 14.4 Å². The number of nitrogens with zero attached hydrogens (tertiary/aromatic N) is 2. The van der Waals surface area contributed by atoms with E-state index in [-0.39, 0.29) is 15.6 Å². The number of anilines is 1. The van der Waals surface area contributed by atoms with E-state index in [9.17, 15) is 13.2 Å². The summed E-state index contributed by atoms with van der Waals surface area (Å²) in [5.74, 6) is 4.82. The van der Waals surface area contributed by atoms with Crippen molar-refractivity contribution < 1.29 is 12.7 Å². The first-order valence-corrected chi connectivity index (χ1v) is 10.1. The van der Waals surface area contributed by atoms with Gasteiger partial charge in [0, 0.05) is 19.8 Å². The van der Waals surface area contributed by atoms with Gasteiger partial charge in [0.15, 0.2) is 0 Å². The van der Waals surface area contributed by atoms with Gasteiger partial charge in [0.05, 0.1) is 26.2 Å². The number of hydrogen-bond acceptors (Lipinski definition) is 6. The lowest BCUT2D eigenvalue weighted by Crippen LogP contribution is -2.34. The first-order valence-electron chi connectivity index (χ1n) is 8.36. The van der Waals surface area contributed by atoms with Gasteiger partial charge in [-0.05, 0) is 42.0 Å². The summed E-state index contributed by atoms with van der Waals surface area (Å²) in [5, 5.41) is 3.65. The van der Waals surface area contributed by atoms with E-state index in [1.54, 1.807) is 6.08 Å². The molecule has 0 amide bonds. The van der Waals surface area contributed by atoms with Crippen molar-refractivity contribution in [3.05, 3.63) is 74.0 Å². The van der Waals surface area contributed by atoms with Gasteiger partial charge in [-0.3, -0.25) is 9.89 Å². The van der Waals surface area contributed by atoms with E-state index >= 15 is 0 Å². The van der Waals surface area contributed by atoms with Crippen LogP contribution in [0.4, 0.5) is 5.69 Å². The third kappa shape index (κ3) is 4.13. The Balaban J connectivity index is 2.15. The zero-order valence-electron chi connectivity index (χ0n) is 15.7. The number of nitrogens with two attached hydrogens (primary N) is 1. The molecule has 3 rings (SSSR count). The Morgan fingerprint density at radius 3 is 2.45 bits per heavy atom. The lowest BCUT2D eigenvalue weighted by Gasteiger charge is -2.11. The van der Waals surface area contributed by atoms with Crippen molar-refractivity contribution in [1.29, 1.82) is 0 Å². The molecule has 29 heavy (non-hydrogen) atoms. The van der Waals surface area contributed by atoms with Crippen LogP contribution in [-0.4, -0.2) is 32.3 Å². The minimum absolute atomic E-state index is 0.127. The molecule has 2 aromatic carbocycles. The average Bonchev–Trinajstić information content (AvgIpc) is 2.96. The minimum atomic E-state index is -4.16. The van der Waals surface area contributed by atoms with Crippen LogP contribution in [0.25, 0.3) is 18.3 Å². The fourth-order valence-corrected chi connectivity index (χ4v) is 3.53. The number of H-pyrrole nitrogens is 1. The van der Waals surface area contributed by atoms with Gasteiger partial charge in [0.1, 0.15) is 0 Å². The SMILES string of the molecule is C=c1[nH]n(-c2cc(S(=O)(=O)ON)ccc2Cl)c(=O)c1=Cc1ccc(N(C)C)cc1. The molecule has 0 fully saturated rings. The first-order chi connectivity index (χ1) is 13.6. The monoisotopic (exact) mass is 434 g/mol. The van der Waals surface area contributed by atoms with Crippen molar-refractivity contribution in [2.45, 2.75) is 4.90 Å². The number of rotatable bonds is 5. The molecule has 152 valence electrons. The van der Waals surface area contributed by atoms with Gasteiger partial charge >= 0.3 is 10.1 Å². The van der Waals surface area contributed by atoms with Crippen LogP contribution < -0.4 is 26.9 Å². The van der Waals surface area contributed by atoms with Crippen molar-refractivity contribution >= 4 is 40.1 Å². The van der Waals surface area contributed by atoms with Gasteiger partial charge in [-0.15, -0.1) is 0 Å². The molecule has 0 aliphatic rings. The maximum atomic E-state index is 12.9. The molecule has 0 radical (unpaired) electrons. The second-order valence-electron chi connectivity index (χ2n) is 6.44. The molecule has 0 unspecified atom stereocenters. The number of aromatic nitrogens is 2. The molecular formula is C19H19ClN4O4S. The second kappa shape index (κ2) is 7.88. The Kier molecular flexibility index (Phi) is 5.67. The smallest absolute Gasteiger partial charge is 0.312 e. The molecule has 1 aromatic heterocycles. The maximum absolute atomic E-state index is 12.9. The third-order valence-corrected chi connectivity index (χ3v) is 5.70. The summed E-state index contributed by atoms with van der Waals surface area (Å²) in [6, 6.07) is 11.4. The normalized spacial score (nSPS) is 12.3. The van der Waals surface area contributed by atoms with Gasteiger partial charge in [0.2, 0.25) is 0 Å². The highest BCUT2D eigenvalue weighted by Crippen LogP contribution is 2.23. The molecule has 0 atom stereocenters. The van der Waals surface area contributed by atoms with Gasteiger partial charge in [-0.2, -0.15) is 18.6 Å². The van der Waals surface area contributed by atoms with E-state index < -0.39 is 15.7 Å². The van der Waals surface area contributed by atoms with Crippen LogP contribution >= 0.6 is 11.6 Å². The van der Waals surface area contributed by atoms with Crippen LogP contribution in [0.2, 0.25) is 5.02 Å². The maximum Gasteiger partial charge on any atom is 0.312 e. The average molecular weight is 435 g/mol. The third-order valence-electron chi connectivity index (χ3n) is 4.30. The van der Waals surface area contributed by atoms with Crippen molar-refractivity contribution in [3.63, 3.8) is 0 Å². The summed E-state index contributed by atoms with van der Waals surface area (Å²) in [7, 11) is -0.287. The first kappa shape index (κ1) is 20.9. The van der Waals surface area contributed by atoms with E-state index in [2.05, 4.69) is 16.0 Å². The molecular weight excluding hydrogens is 416 g/mol. The number of nitrogens with one attached hydrogen (secondary N) is 1. The largest absolute Gasteiger partial charge is 0.378 e. The number of halogens is 1. The highest BCUT2D eigenvalue weighted by atomic mass is 35.5. The molecule has 0 bridgehead atoms. The van der Waals surface area contributed by atoms with Crippen molar-refractivity contribution in [3.8, 4) is 5.69 Å². The summed E-state index contributed by atoms with van der Waals surface area (Å²) < 4.78 is 28.9. The Hall–Kier alpha value is -2.85. The quantitative estimate of drug-likeness (QED) is 0.572. The fraction of sp³-hybridized carbons (Fsp3) is 0.105. The van der Waals surface area contributed by atoms with Gasteiger partial charge in [-0.25, -0.2) is 4.68 Å². The highest BCUT2D eigenvalue weighted by Gasteiger charge is 2.18. The lowest BCUT2D eigenvalue weighted by atomic mass is 10.1. The van der Waals surface area contributed by atoms with Crippen LogP contribution in [0, 0.1) is 0 Å². The zero-order valence-corrected chi connectivity index (χ0v) is 17.3. The van der Waals surface area contributed by atoms with Crippen LogP contribution in [0.15, 0.2) is 52.2 Å². The molecule has 0 spiro atoms. The minimum Gasteiger partial charge on any atom is -0.378 e.